The van der Waals surface area contributed by atoms with Gasteiger partial charge in [0.25, 0.3) is 5.56 Å². The summed E-state index contributed by atoms with van der Waals surface area (Å²) in [5.41, 5.74) is 5.80. The minimum absolute atomic E-state index is 0.182. The Bertz CT molecular complexity index is 1370. The van der Waals surface area contributed by atoms with Crippen molar-refractivity contribution in [2.75, 3.05) is 31.6 Å². The van der Waals surface area contributed by atoms with E-state index in [1.54, 1.807) is 16.6 Å². The number of hydrogen-bond donors (Lipinski definition) is 3. The molecule has 2 amide bonds. The van der Waals surface area contributed by atoms with Gasteiger partial charge >= 0.3 is 6.03 Å². The van der Waals surface area contributed by atoms with E-state index in [2.05, 4.69) is 27.8 Å². The standard InChI is InChI=1S/C28H39N7O5/c1-4-8-21-24-25(34(3)32-21)27(36)31-26(30-24)20-17-19(10-11-22(20)38-5-2)29-18-12-14-35(15-13-18)28(37)33-40-23-9-6-7-16-39-23/h10-11,17-18,23,29H,4-9,12-16H2,1-3H3,(H,33,37)(H,30,31,36). The Morgan fingerprint density at radius 3 is 2.75 bits per heavy atom. The van der Waals surface area contributed by atoms with Crippen molar-refractivity contribution < 1.29 is 19.1 Å². The fourth-order valence-electron chi connectivity index (χ4n) is 5.31. The largest absolute Gasteiger partial charge is 0.493 e. The number of likely N-dealkylation sites (tertiary alicyclic amines) is 1. The van der Waals surface area contributed by atoms with E-state index in [0.29, 0.717) is 54.5 Å². The van der Waals surface area contributed by atoms with Crippen molar-refractivity contribution in [2.24, 2.45) is 7.05 Å². The third kappa shape index (κ3) is 6.23. The summed E-state index contributed by atoms with van der Waals surface area (Å²) in [6.45, 7) is 6.36. The Hall–Kier alpha value is -3.64. The number of ether oxygens (including phenoxy) is 2. The van der Waals surface area contributed by atoms with Crippen LogP contribution < -0.4 is 21.1 Å². The molecule has 2 fully saturated rings. The van der Waals surface area contributed by atoms with Crippen LogP contribution in [-0.2, 0) is 23.0 Å². The topological polar surface area (TPSA) is 136 Å². The number of fused-ring (bicyclic) bond motifs is 1. The molecule has 12 heteroatoms. The summed E-state index contributed by atoms with van der Waals surface area (Å²) >= 11 is 0. The smallest absolute Gasteiger partial charge is 0.341 e. The number of H-pyrrole nitrogens is 1. The first-order valence-electron chi connectivity index (χ1n) is 14.3. The summed E-state index contributed by atoms with van der Waals surface area (Å²) in [4.78, 5) is 40.6. The van der Waals surface area contributed by atoms with Crippen LogP contribution in [-0.4, -0.2) is 69.3 Å². The molecule has 2 saturated heterocycles. The Balaban J connectivity index is 1.28. The number of benzene rings is 1. The lowest BCUT2D eigenvalue weighted by Crippen LogP contribution is -2.48. The van der Waals surface area contributed by atoms with Gasteiger partial charge in [-0.05, 0) is 57.2 Å². The maximum Gasteiger partial charge on any atom is 0.341 e. The molecule has 2 aliphatic rings. The molecule has 2 aromatic heterocycles. The molecule has 0 saturated carbocycles. The third-order valence-electron chi connectivity index (χ3n) is 7.35. The zero-order valence-electron chi connectivity index (χ0n) is 23.5. The molecule has 3 N–H and O–H groups in total. The molecular formula is C28H39N7O5. The lowest BCUT2D eigenvalue weighted by molar-refractivity contribution is -0.187. The number of hydrogen-bond acceptors (Lipinski definition) is 8. The van der Waals surface area contributed by atoms with Crippen molar-refractivity contribution in [1.82, 2.24) is 30.1 Å². The van der Waals surface area contributed by atoms with Gasteiger partial charge in [0.2, 0.25) is 0 Å². The molecule has 1 atom stereocenters. The Morgan fingerprint density at radius 1 is 1.20 bits per heavy atom. The van der Waals surface area contributed by atoms with Gasteiger partial charge in [-0.15, -0.1) is 0 Å². The van der Waals surface area contributed by atoms with Crippen molar-refractivity contribution in [3.05, 3.63) is 34.2 Å². The summed E-state index contributed by atoms with van der Waals surface area (Å²) in [5.74, 6) is 1.09. The fraction of sp³-hybridized carbons (Fsp3) is 0.571. The summed E-state index contributed by atoms with van der Waals surface area (Å²) in [6, 6.07) is 5.77. The number of anilines is 1. The number of amides is 2. The highest BCUT2D eigenvalue weighted by molar-refractivity contribution is 5.80. The lowest BCUT2D eigenvalue weighted by Gasteiger charge is -2.33. The van der Waals surface area contributed by atoms with Crippen LogP contribution in [0.3, 0.4) is 0 Å². The predicted molar refractivity (Wildman–Crippen MR) is 151 cm³/mol. The van der Waals surface area contributed by atoms with Gasteiger partial charge in [0.05, 0.1) is 17.9 Å². The number of aryl methyl sites for hydroxylation is 2. The third-order valence-corrected chi connectivity index (χ3v) is 7.35. The molecule has 40 heavy (non-hydrogen) atoms. The van der Waals surface area contributed by atoms with E-state index in [1.165, 1.54) is 0 Å². The van der Waals surface area contributed by atoms with Gasteiger partial charge in [0.1, 0.15) is 17.1 Å². The maximum absolute atomic E-state index is 13.0. The molecule has 0 spiro atoms. The Morgan fingerprint density at radius 2 is 2.02 bits per heavy atom. The highest BCUT2D eigenvalue weighted by Crippen LogP contribution is 2.32. The van der Waals surface area contributed by atoms with E-state index >= 15 is 0 Å². The molecule has 5 rings (SSSR count). The summed E-state index contributed by atoms with van der Waals surface area (Å²) in [7, 11) is 1.77. The number of nitrogens with zero attached hydrogens (tertiary/aromatic N) is 4. The lowest BCUT2D eigenvalue weighted by atomic mass is 10.0. The second-order valence-electron chi connectivity index (χ2n) is 10.3. The number of nitrogens with one attached hydrogen (secondary N) is 3. The van der Waals surface area contributed by atoms with E-state index in [-0.39, 0.29) is 23.9 Å². The molecule has 3 aromatic rings. The van der Waals surface area contributed by atoms with E-state index in [0.717, 1.165) is 56.3 Å². The molecule has 0 bridgehead atoms. The molecular weight excluding hydrogens is 514 g/mol. The zero-order chi connectivity index (χ0) is 28.1. The van der Waals surface area contributed by atoms with Gasteiger partial charge in [-0.1, -0.05) is 13.3 Å². The quantitative estimate of drug-likeness (QED) is 0.341. The molecule has 1 unspecified atom stereocenters. The second kappa shape index (κ2) is 12.7. The van der Waals surface area contributed by atoms with Crippen molar-refractivity contribution in [3.63, 3.8) is 0 Å². The van der Waals surface area contributed by atoms with E-state index in [4.69, 9.17) is 19.3 Å². The Kier molecular flexibility index (Phi) is 8.85. The summed E-state index contributed by atoms with van der Waals surface area (Å²) < 4.78 is 13.0. The van der Waals surface area contributed by atoms with Gasteiger partial charge in [0, 0.05) is 44.9 Å². The van der Waals surface area contributed by atoms with Gasteiger partial charge < -0.3 is 24.7 Å². The Labute approximate surface area is 233 Å². The minimum atomic E-state index is -0.368. The number of hydroxylamine groups is 1. The maximum atomic E-state index is 13.0. The molecule has 0 aliphatic carbocycles. The fourth-order valence-corrected chi connectivity index (χ4v) is 5.31. The first-order valence-corrected chi connectivity index (χ1v) is 14.3. The molecule has 0 radical (unpaired) electrons. The minimum Gasteiger partial charge on any atom is -0.493 e. The highest BCUT2D eigenvalue weighted by Gasteiger charge is 2.25. The molecule has 1 aromatic carbocycles. The average molecular weight is 554 g/mol. The van der Waals surface area contributed by atoms with Crippen LogP contribution in [0.25, 0.3) is 22.4 Å². The second-order valence-corrected chi connectivity index (χ2v) is 10.3. The average Bonchev–Trinajstić information content (AvgIpc) is 3.29. The van der Waals surface area contributed by atoms with Gasteiger partial charge in [-0.3, -0.25) is 9.48 Å². The van der Waals surface area contributed by atoms with Crippen LogP contribution in [0.4, 0.5) is 10.5 Å². The van der Waals surface area contributed by atoms with Crippen molar-refractivity contribution in [1.29, 1.82) is 0 Å². The van der Waals surface area contributed by atoms with Gasteiger partial charge in [0.15, 0.2) is 11.8 Å². The normalized spacial score (nSPS) is 18.2. The van der Waals surface area contributed by atoms with Crippen molar-refractivity contribution in [3.8, 4) is 17.1 Å². The number of rotatable bonds is 9. The van der Waals surface area contributed by atoms with Crippen LogP contribution in [0.15, 0.2) is 23.0 Å². The van der Waals surface area contributed by atoms with Crippen LogP contribution in [0.5, 0.6) is 5.75 Å². The number of carbonyl (C=O) groups excluding carboxylic acids is 1. The number of piperidine rings is 1. The molecule has 12 nitrogen and oxygen atoms in total. The molecule has 2 aliphatic heterocycles. The van der Waals surface area contributed by atoms with Crippen LogP contribution in [0.2, 0.25) is 0 Å². The van der Waals surface area contributed by atoms with Gasteiger partial charge in [-0.2, -0.15) is 5.10 Å². The predicted octanol–water partition coefficient (Wildman–Crippen LogP) is 3.72. The van der Waals surface area contributed by atoms with Crippen molar-refractivity contribution >= 4 is 22.8 Å². The zero-order valence-corrected chi connectivity index (χ0v) is 23.5. The van der Waals surface area contributed by atoms with Crippen LogP contribution >= 0.6 is 0 Å². The number of urea groups is 1. The van der Waals surface area contributed by atoms with E-state index in [9.17, 15) is 9.59 Å². The van der Waals surface area contributed by atoms with Gasteiger partial charge in [-0.25, -0.2) is 20.1 Å². The van der Waals surface area contributed by atoms with Crippen LogP contribution in [0, 0.1) is 0 Å². The first-order chi connectivity index (χ1) is 19.5. The summed E-state index contributed by atoms with van der Waals surface area (Å²) in [5, 5.41) is 8.12. The monoisotopic (exact) mass is 553 g/mol. The number of aromatic nitrogens is 4. The summed E-state index contributed by atoms with van der Waals surface area (Å²) in [6.07, 6.45) is 5.70. The first kappa shape index (κ1) is 27.9. The molecule has 216 valence electrons. The van der Waals surface area contributed by atoms with Crippen molar-refractivity contribution in [2.45, 2.75) is 71.1 Å². The van der Waals surface area contributed by atoms with Crippen LogP contribution in [0.1, 0.15) is 58.1 Å². The number of aromatic amines is 1. The molecule has 4 heterocycles. The van der Waals surface area contributed by atoms with E-state index in [1.807, 2.05) is 25.1 Å². The van der Waals surface area contributed by atoms with E-state index < -0.39 is 0 Å². The SMILES string of the molecule is CCCc1nn(C)c2c(=O)[nH]c(-c3cc(NC4CCN(C(=O)NOC5CCCCO5)CC4)ccc3OCC)nc12. The number of carbonyl (C=O) groups is 1. The highest BCUT2D eigenvalue weighted by atomic mass is 16.8.